The van der Waals surface area contributed by atoms with Gasteiger partial charge in [0.2, 0.25) is 0 Å². The summed E-state index contributed by atoms with van der Waals surface area (Å²) in [5.41, 5.74) is -0.598. The lowest BCUT2D eigenvalue weighted by Crippen LogP contribution is -2.28. The summed E-state index contributed by atoms with van der Waals surface area (Å²) >= 11 is 0. The van der Waals surface area contributed by atoms with Crippen molar-refractivity contribution >= 4 is 28.1 Å². The fourth-order valence-corrected chi connectivity index (χ4v) is 2.83. The summed E-state index contributed by atoms with van der Waals surface area (Å²) in [5, 5.41) is 1.65. The van der Waals surface area contributed by atoms with E-state index in [2.05, 4.69) is 0 Å². The highest BCUT2D eigenvalue weighted by Gasteiger charge is 2.27. The average Bonchev–Trinajstić information content (AvgIpc) is 2.37. The first-order valence-electron chi connectivity index (χ1n) is 6.65. The Kier molecular flexibility index (Phi) is 6.36. The zero-order chi connectivity index (χ0) is 16.0. The van der Waals surface area contributed by atoms with E-state index in [1.54, 1.807) is 44.4 Å². The second kappa shape index (κ2) is 7.56. The number of carbonyl (C=O) groups is 2. The van der Waals surface area contributed by atoms with Gasteiger partial charge < -0.3 is 14.0 Å². The Morgan fingerprint density at radius 1 is 1.33 bits per heavy atom. The number of methoxy groups -OCH3 is 1. The molecular weight excluding hydrogens is 292 g/mol. The predicted octanol–water partition coefficient (Wildman–Crippen LogP) is 2.90. The van der Waals surface area contributed by atoms with Crippen LogP contribution in [-0.2, 0) is 19.1 Å². The monoisotopic (exact) mass is 314 g/mol. The third-order valence-electron chi connectivity index (χ3n) is 2.68. The quantitative estimate of drug-likeness (QED) is 0.624. The van der Waals surface area contributed by atoms with E-state index in [0.717, 1.165) is 0 Å². The molecule has 0 saturated carbocycles. The summed E-state index contributed by atoms with van der Waals surface area (Å²) in [6.45, 7) is 5.31. The molecule has 118 valence electrons. The summed E-state index contributed by atoms with van der Waals surface area (Å²) in [5.74, 6) is -1.59. The smallest absolute Gasteiger partial charge is 0.309 e. The number of esters is 2. The molecule has 1 aliphatic rings. The van der Waals surface area contributed by atoms with Gasteiger partial charge >= 0.3 is 11.9 Å². The molecule has 5 nitrogen and oxygen atoms in total. The molecule has 1 heterocycles. The van der Waals surface area contributed by atoms with E-state index in [4.69, 9.17) is 9.47 Å². The maximum absolute atomic E-state index is 11.9. The summed E-state index contributed by atoms with van der Waals surface area (Å²) in [4.78, 5) is 24.4. The molecule has 0 aromatic rings. The van der Waals surface area contributed by atoms with Crippen molar-refractivity contribution in [1.29, 1.82) is 0 Å². The van der Waals surface area contributed by atoms with E-state index < -0.39 is 34.2 Å². The van der Waals surface area contributed by atoms with Crippen molar-refractivity contribution in [1.82, 2.24) is 0 Å². The van der Waals surface area contributed by atoms with E-state index in [0.29, 0.717) is 4.91 Å². The first-order valence-corrected chi connectivity index (χ1v) is 7.90. The van der Waals surface area contributed by atoms with Gasteiger partial charge in [-0.2, -0.15) is 0 Å². The second-order valence-electron chi connectivity index (χ2n) is 5.68. The number of ether oxygens (including phenoxy) is 2. The minimum absolute atomic E-state index is 0.0673. The predicted molar refractivity (Wildman–Crippen MR) is 84.1 cm³/mol. The SMILES string of the molecule is COC(=O)[C@@H](CC(=O)OC(C)(C)C)CC1=CC=CC=S1O. The third-order valence-corrected chi connectivity index (χ3v) is 3.94. The van der Waals surface area contributed by atoms with Gasteiger partial charge in [0.1, 0.15) is 5.60 Å². The normalized spacial score (nSPS) is 19.3. The van der Waals surface area contributed by atoms with Gasteiger partial charge in [-0.1, -0.05) is 18.2 Å². The van der Waals surface area contributed by atoms with Crippen molar-refractivity contribution in [2.24, 2.45) is 5.92 Å². The van der Waals surface area contributed by atoms with Crippen LogP contribution >= 0.6 is 10.8 Å². The Balaban J connectivity index is 2.76. The lowest BCUT2D eigenvalue weighted by molar-refractivity contribution is -0.160. The molecule has 0 amide bonds. The Bertz CT molecular complexity index is 497. The van der Waals surface area contributed by atoms with Crippen LogP contribution in [0.3, 0.4) is 0 Å². The van der Waals surface area contributed by atoms with Crippen LogP contribution in [0.2, 0.25) is 0 Å². The van der Waals surface area contributed by atoms with Crippen LogP contribution in [0, 0.1) is 5.92 Å². The molecule has 0 saturated heterocycles. The molecule has 0 fully saturated rings. The molecule has 1 rings (SSSR count). The minimum atomic E-state index is -1.01. The Morgan fingerprint density at radius 2 is 2.00 bits per heavy atom. The van der Waals surface area contributed by atoms with E-state index in [9.17, 15) is 14.1 Å². The molecule has 0 aromatic carbocycles. The summed E-state index contributed by atoms with van der Waals surface area (Å²) in [6, 6.07) is 0. The van der Waals surface area contributed by atoms with Gasteiger partial charge in [0.15, 0.2) is 0 Å². The first-order chi connectivity index (χ1) is 9.73. The lowest BCUT2D eigenvalue weighted by Gasteiger charge is -2.22. The summed E-state index contributed by atoms with van der Waals surface area (Å²) in [7, 11) is 0.271. The van der Waals surface area contributed by atoms with E-state index in [1.807, 2.05) is 0 Å². The molecule has 0 spiro atoms. The third kappa shape index (κ3) is 6.27. The zero-order valence-corrected chi connectivity index (χ0v) is 13.6. The van der Waals surface area contributed by atoms with Crippen LogP contribution in [0.15, 0.2) is 23.1 Å². The highest BCUT2D eigenvalue weighted by molar-refractivity contribution is 8.13. The van der Waals surface area contributed by atoms with Crippen molar-refractivity contribution in [3.63, 3.8) is 0 Å². The van der Waals surface area contributed by atoms with Crippen LogP contribution in [0.1, 0.15) is 33.6 Å². The molecule has 6 heteroatoms. The van der Waals surface area contributed by atoms with Crippen molar-refractivity contribution in [3.05, 3.63) is 23.1 Å². The van der Waals surface area contributed by atoms with Crippen LogP contribution in [-0.4, -0.2) is 34.6 Å². The van der Waals surface area contributed by atoms with Crippen LogP contribution in [0.5, 0.6) is 0 Å². The topological polar surface area (TPSA) is 72.8 Å². The van der Waals surface area contributed by atoms with Crippen LogP contribution in [0.25, 0.3) is 0 Å². The van der Waals surface area contributed by atoms with Crippen LogP contribution in [0.4, 0.5) is 0 Å². The number of hydrogen-bond donors (Lipinski definition) is 1. The largest absolute Gasteiger partial charge is 0.469 e. The first kappa shape index (κ1) is 17.7. The molecule has 0 aliphatic carbocycles. The van der Waals surface area contributed by atoms with Crippen molar-refractivity contribution in [2.75, 3.05) is 7.11 Å². The van der Waals surface area contributed by atoms with Gasteiger partial charge in [0, 0.05) is 4.91 Å². The van der Waals surface area contributed by atoms with E-state index in [-0.39, 0.29) is 12.8 Å². The molecule has 21 heavy (non-hydrogen) atoms. The molecule has 1 unspecified atom stereocenters. The Hall–Kier alpha value is -1.40. The molecule has 0 bridgehead atoms. The minimum Gasteiger partial charge on any atom is -0.469 e. The van der Waals surface area contributed by atoms with Gasteiger partial charge in [-0.3, -0.25) is 9.59 Å². The number of rotatable bonds is 5. The van der Waals surface area contributed by atoms with Crippen molar-refractivity contribution < 1.29 is 23.6 Å². The molecule has 2 atom stereocenters. The van der Waals surface area contributed by atoms with Gasteiger partial charge in [0.25, 0.3) is 0 Å². The number of hydrogen-bond acceptors (Lipinski definition) is 5. The lowest BCUT2D eigenvalue weighted by atomic mass is 10.0. The molecule has 1 aliphatic heterocycles. The average molecular weight is 314 g/mol. The van der Waals surface area contributed by atoms with E-state index in [1.165, 1.54) is 7.11 Å². The molecule has 0 radical (unpaired) electrons. The Morgan fingerprint density at radius 3 is 2.52 bits per heavy atom. The molecule has 1 N–H and O–H groups in total. The maximum Gasteiger partial charge on any atom is 0.309 e. The standard InChI is InChI=1S/C15H22O5S/c1-15(2,3)20-13(16)10-11(14(17)19-4)9-12-7-5-6-8-21(12)18/h5-8,11,18H,9-10H2,1-4H3/t11-,21?/m1/s1. The fraction of sp³-hybridized carbons (Fsp3) is 0.533. The van der Waals surface area contributed by atoms with Crippen molar-refractivity contribution in [2.45, 2.75) is 39.2 Å². The summed E-state index contributed by atoms with van der Waals surface area (Å²) in [6.07, 6.45) is 5.49. The number of allylic oxidation sites excluding steroid dienone is 4. The Labute approximate surface area is 127 Å². The number of carbonyl (C=O) groups excluding carboxylic acids is 2. The molecule has 0 aromatic heterocycles. The summed E-state index contributed by atoms with van der Waals surface area (Å²) < 4.78 is 19.8. The zero-order valence-electron chi connectivity index (χ0n) is 12.8. The van der Waals surface area contributed by atoms with Crippen molar-refractivity contribution in [3.8, 4) is 0 Å². The van der Waals surface area contributed by atoms with Gasteiger partial charge in [-0.25, -0.2) is 0 Å². The van der Waals surface area contributed by atoms with Gasteiger partial charge in [-0.05, 0) is 43.3 Å². The second-order valence-corrected chi connectivity index (χ2v) is 7.11. The van der Waals surface area contributed by atoms with Crippen LogP contribution < -0.4 is 0 Å². The van der Waals surface area contributed by atoms with Gasteiger partial charge in [0.05, 0.1) is 19.4 Å². The van der Waals surface area contributed by atoms with Gasteiger partial charge in [-0.15, -0.1) is 0 Å². The highest BCUT2D eigenvalue weighted by Crippen LogP contribution is 2.31. The highest BCUT2D eigenvalue weighted by atomic mass is 32.2. The fourth-order valence-electron chi connectivity index (χ4n) is 1.83. The van der Waals surface area contributed by atoms with E-state index >= 15 is 0 Å². The molecular formula is C15H22O5S. The maximum atomic E-state index is 11.9.